The molecule has 0 saturated heterocycles. The van der Waals surface area contributed by atoms with Gasteiger partial charge in [0, 0.05) is 36.7 Å². The molecule has 1 N–H and O–H groups in total. The molecule has 9 heteroatoms. The van der Waals surface area contributed by atoms with Crippen molar-refractivity contribution in [1.29, 1.82) is 0 Å². The van der Waals surface area contributed by atoms with E-state index in [0.717, 1.165) is 12.4 Å². The summed E-state index contributed by atoms with van der Waals surface area (Å²) in [6.45, 7) is 3.25. The van der Waals surface area contributed by atoms with E-state index in [9.17, 15) is 9.18 Å². The normalized spacial score (nSPS) is 11.2. The quantitative estimate of drug-likeness (QED) is 0.555. The van der Waals surface area contributed by atoms with E-state index < -0.39 is 0 Å². The summed E-state index contributed by atoms with van der Waals surface area (Å²) in [6, 6.07) is 6.46. The minimum atomic E-state index is -0.339. The topological polar surface area (TPSA) is 77.1 Å². The van der Waals surface area contributed by atoms with E-state index in [2.05, 4.69) is 20.5 Å². The van der Waals surface area contributed by atoms with Gasteiger partial charge in [-0.2, -0.15) is 0 Å². The Bertz CT molecular complexity index is 1100. The van der Waals surface area contributed by atoms with E-state index >= 15 is 0 Å². The third-order valence-corrected chi connectivity index (χ3v) is 5.10. The first kappa shape index (κ1) is 17.3. The van der Waals surface area contributed by atoms with Gasteiger partial charge in [0.2, 0.25) is 0 Å². The molecule has 0 fully saturated rings. The number of carbonyl (C=O) groups excluding carboxylic acids is 1. The minimum absolute atomic E-state index is 0.207. The number of nitrogens with one attached hydrogen (secondary N) is 1. The summed E-state index contributed by atoms with van der Waals surface area (Å²) in [5.41, 5.74) is 1.39. The van der Waals surface area contributed by atoms with Gasteiger partial charge in [-0.1, -0.05) is 12.1 Å². The zero-order valence-corrected chi connectivity index (χ0v) is 15.4. The fourth-order valence-corrected chi connectivity index (χ4v) is 3.71. The van der Waals surface area contributed by atoms with Crippen LogP contribution in [-0.2, 0) is 13.0 Å². The number of nitrogens with zero attached hydrogens (tertiary/aromatic N) is 5. The molecule has 27 heavy (non-hydrogen) atoms. The van der Waals surface area contributed by atoms with Crippen molar-refractivity contribution in [3.05, 3.63) is 59.5 Å². The van der Waals surface area contributed by atoms with Crippen molar-refractivity contribution in [3.63, 3.8) is 0 Å². The van der Waals surface area contributed by atoms with Crippen LogP contribution in [0.3, 0.4) is 0 Å². The standard InChI is InChI=1S/C18H17FN6OS/c1-2-24-11-21-23-16(24)7-8-20-17(26)15-10-27-18-22-14(9-25(15)18)12-5-3-4-6-13(12)19/h3-6,9-11H,2,7-8H2,1H3,(H,20,26). The number of imidazole rings is 1. The van der Waals surface area contributed by atoms with E-state index in [1.165, 1.54) is 17.4 Å². The molecule has 0 saturated carbocycles. The Morgan fingerprint density at radius 2 is 2.19 bits per heavy atom. The van der Waals surface area contributed by atoms with Gasteiger partial charge in [-0.3, -0.25) is 9.20 Å². The summed E-state index contributed by atoms with van der Waals surface area (Å²) >= 11 is 1.34. The lowest BCUT2D eigenvalue weighted by Gasteiger charge is -2.05. The van der Waals surface area contributed by atoms with E-state index in [1.807, 2.05) is 11.5 Å². The molecule has 0 bridgehead atoms. The van der Waals surface area contributed by atoms with Crippen LogP contribution < -0.4 is 5.32 Å². The zero-order chi connectivity index (χ0) is 18.8. The fourth-order valence-electron chi connectivity index (χ4n) is 2.86. The van der Waals surface area contributed by atoms with Crippen molar-refractivity contribution in [2.24, 2.45) is 0 Å². The molecule has 4 rings (SSSR count). The Morgan fingerprint density at radius 3 is 3.00 bits per heavy atom. The van der Waals surface area contributed by atoms with Crippen molar-refractivity contribution in [2.75, 3.05) is 6.54 Å². The number of benzene rings is 1. The molecule has 0 aliphatic rings. The summed E-state index contributed by atoms with van der Waals surface area (Å²) in [5.74, 6) is 0.285. The van der Waals surface area contributed by atoms with E-state index in [1.54, 1.807) is 40.5 Å². The van der Waals surface area contributed by atoms with Gasteiger partial charge in [-0.15, -0.1) is 21.5 Å². The number of rotatable bonds is 6. The summed E-state index contributed by atoms with van der Waals surface area (Å²) in [4.78, 5) is 17.6. The number of hydrogen-bond donors (Lipinski definition) is 1. The van der Waals surface area contributed by atoms with Crippen LogP contribution >= 0.6 is 11.3 Å². The van der Waals surface area contributed by atoms with Crippen molar-refractivity contribution in [2.45, 2.75) is 19.9 Å². The van der Waals surface area contributed by atoms with Crippen LogP contribution in [0, 0.1) is 5.82 Å². The molecule has 1 amide bonds. The first-order valence-electron chi connectivity index (χ1n) is 8.53. The Morgan fingerprint density at radius 1 is 1.33 bits per heavy atom. The van der Waals surface area contributed by atoms with Crippen molar-refractivity contribution in [1.82, 2.24) is 29.5 Å². The van der Waals surface area contributed by atoms with Crippen LogP contribution in [0.5, 0.6) is 0 Å². The van der Waals surface area contributed by atoms with Crippen LogP contribution in [0.4, 0.5) is 4.39 Å². The van der Waals surface area contributed by atoms with Gasteiger partial charge in [0.05, 0.1) is 5.69 Å². The lowest BCUT2D eigenvalue weighted by Crippen LogP contribution is -2.27. The Labute approximate surface area is 158 Å². The molecule has 1 aromatic carbocycles. The van der Waals surface area contributed by atoms with Gasteiger partial charge in [0.1, 0.15) is 23.7 Å². The molecule has 3 heterocycles. The third-order valence-electron chi connectivity index (χ3n) is 4.26. The van der Waals surface area contributed by atoms with Gasteiger partial charge >= 0.3 is 0 Å². The van der Waals surface area contributed by atoms with Crippen molar-refractivity contribution in [3.8, 4) is 11.3 Å². The van der Waals surface area contributed by atoms with Crippen LogP contribution in [0.2, 0.25) is 0 Å². The maximum absolute atomic E-state index is 14.0. The highest BCUT2D eigenvalue weighted by Gasteiger charge is 2.16. The van der Waals surface area contributed by atoms with Gasteiger partial charge in [0.25, 0.3) is 5.91 Å². The molecule has 0 radical (unpaired) electrons. The molecule has 0 aliphatic carbocycles. The van der Waals surface area contributed by atoms with Gasteiger partial charge in [-0.25, -0.2) is 9.37 Å². The number of aromatic nitrogens is 5. The molecular weight excluding hydrogens is 367 g/mol. The molecule has 7 nitrogen and oxygen atoms in total. The molecule has 138 valence electrons. The number of hydrogen-bond acceptors (Lipinski definition) is 5. The van der Waals surface area contributed by atoms with Crippen LogP contribution in [0.25, 0.3) is 16.2 Å². The highest BCUT2D eigenvalue weighted by molar-refractivity contribution is 7.15. The first-order chi connectivity index (χ1) is 13.2. The lowest BCUT2D eigenvalue weighted by molar-refractivity contribution is 0.0948. The maximum atomic E-state index is 14.0. The first-order valence-corrected chi connectivity index (χ1v) is 9.41. The number of halogens is 1. The Balaban J connectivity index is 1.50. The lowest BCUT2D eigenvalue weighted by atomic mass is 10.1. The second-order valence-corrected chi connectivity index (χ2v) is 6.76. The molecule has 0 unspecified atom stereocenters. The van der Waals surface area contributed by atoms with Gasteiger partial charge in [0.15, 0.2) is 4.96 Å². The van der Waals surface area contributed by atoms with Crippen molar-refractivity contribution >= 4 is 22.2 Å². The fraction of sp³-hybridized carbons (Fsp3) is 0.222. The maximum Gasteiger partial charge on any atom is 0.269 e. The monoisotopic (exact) mass is 384 g/mol. The van der Waals surface area contributed by atoms with Crippen LogP contribution in [0.1, 0.15) is 23.2 Å². The predicted molar refractivity (Wildman–Crippen MR) is 100 cm³/mol. The summed E-state index contributed by atoms with van der Waals surface area (Å²) < 4.78 is 17.6. The molecule has 0 aliphatic heterocycles. The number of fused-ring (bicyclic) bond motifs is 1. The van der Waals surface area contributed by atoms with E-state index in [-0.39, 0.29) is 11.7 Å². The summed E-state index contributed by atoms with van der Waals surface area (Å²) in [7, 11) is 0. The largest absolute Gasteiger partial charge is 0.350 e. The Kier molecular flexibility index (Phi) is 4.68. The molecule has 0 atom stereocenters. The SMILES string of the molecule is CCn1cnnc1CCNC(=O)c1csc2nc(-c3ccccc3F)cn12. The highest BCUT2D eigenvalue weighted by atomic mass is 32.1. The average molecular weight is 384 g/mol. The molecule has 3 aromatic heterocycles. The summed E-state index contributed by atoms with van der Waals surface area (Å²) in [5, 5.41) is 12.6. The number of aryl methyl sites for hydroxylation is 1. The second-order valence-electron chi connectivity index (χ2n) is 5.92. The average Bonchev–Trinajstić information content (AvgIpc) is 3.37. The van der Waals surface area contributed by atoms with Crippen LogP contribution in [-0.4, -0.2) is 36.6 Å². The number of carbonyl (C=O) groups is 1. The predicted octanol–water partition coefficient (Wildman–Crippen LogP) is 2.79. The van der Waals surface area contributed by atoms with Crippen LogP contribution in [0.15, 0.2) is 42.2 Å². The molecule has 4 aromatic rings. The molecule has 0 spiro atoms. The van der Waals surface area contributed by atoms with Gasteiger partial charge < -0.3 is 9.88 Å². The smallest absolute Gasteiger partial charge is 0.269 e. The second kappa shape index (κ2) is 7.28. The Hall–Kier alpha value is -3.07. The van der Waals surface area contributed by atoms with Crippen molar-refractivity contribution < 1.29 is 9.18 Å². The van der Waals surface area contributed by atoms with E-state index in [4.69, 9.17) is 0 Å². The minimum Gasteiger partial charge on any atom is -0.350 e. The highest BCUT2D eigenvalue weighted by Crippen LogP contribution is 2.25. The third kappa shape index (κ3) is 3.33. The molecular formula is C18H17FN6OS. The summed E-state index contributed by atoms with van der Waals surface area (Å²) in [6.07, 6.45) is 3.96. The number of thiazole rings is 1. The zero-order valence-electron chi connectivity index (χ0n) is 14.6. The van der Waals surface area contributed by atoms with E-state index in [0.29, 0.717) is 34.9 Å². The van der Waals surface area contributed by atoms with Gasteiger partial charge in [-0.05, 0) is 19.1 Å². The number of amides is 1.